The normalized spacial score (nSPS) is 21.8. The molecule has 3 heteroatoms. The van der Waals surface area contributed by atoms with Crippen molar-refractivity contribution < 1.29 is 14.0 Å². The first-order valence-electron chi connectivity index (χ1n) is 22.4. The van der Waals surface area contributed by atoms with Crippen molar-refractivity contribution in [3.8, 4) is 0 Å². The fourth-order valence-corrected chi connectivity index (χ4v) is 8.22. The third-order valence-corrected chi connectivity index (χ3v) is 11.7. The molecule has 3 nitrogen and oxygen atoms in total. The molecule has 1 aliphatic heterocycles. The summed E-state index contributed by atoms with van der Waals surface area (Å²) in [6.07, 6.45) is 53.9. The van der Waals surface area contributed by atoms with Gasteiger partial charge in [0.05, 0.1) is 39.4 Å². The van der Waals surface area contributed by atoms with Gasteiger partial charge in [0.15, 0.2) is 6.29 Å². The van der Waals surface area contributed by atoms with Crippen LogP contribution in [-0.2, 0) is 9.47 Å². The maximum absolute atomic E-state index is 6.69. The first-order valence-corrected chi connectivity index (χ1v) is 22.4. The summed E-state index contributed by atoms with van der Waals surface area (Å²) in [5.74, 6) is 0.589. The first kappa shape index (κ1) is 44.5. The molecule has 1 saturated carbocycles. The van der Waals surface area contributed by atoms with Crippen molar-refractivity contribution in [3.05, 3.63) is 24.3 Å². The molecule has 1 heterocycles. The van der Waals surface area contributed by atoms with Gasteiger partial charge in [0.25, 0.3) is 0 Å². The zero-order valence-corrected chi connectivity index (χ0v) is 34.1. The fourth-order valence-electron chi connectivity index (χ4n) is 8.22. The van der Waals surface area contributed by atoms with Gasteiger partial charge in [-0.1, -0.05) is 186 Å². The second kappa shape index (κ2) is 29.9. The van der Waals surface area contributed by atoms with E-state index in [4.69, 9.17) is 9.47 Å². The summed E-state index contributed by atoms with van der Waals surface area (Å²) < 4.78 is 14.4. The number of hydrogen-bond donors (Lipinski definition) is 0. The van der Waals surface area contributed by atoms with Crippen LogP contribution in [0.5, 0.6) is 0 Å². The molecule has 0 bridgehead atoms. The minimum absolute atomic E-state index is 0.0535. The molecule has 0 amide bonds. The number of allylic oxidation sites excluding steroid dienone is 4. The number of ether oxygens (including phenoxy) is 2. The molecule has 0 aromatic carbocycles. The molecule has 0 aromatic heterocycles. The molecule has 5 atom stereocenters. The summed E-state index contributed by atoms with van der Waals surface area (Å²) >= 11 is 0. The number of nitrogens with zero attached hydrogens (tertiary/aromatic N) is 1. The summed E-state index contributed by atoms with van der Waals surface area (Å²) in [4.78, 5) is 0. The predicted molar refractivity (Wildman–Crippen MR) is 216 cm³/mol. The molecule has 0 aromatic rings. The molecule has 0 N–H and O–H groups in total. The monoisotopic (exact) mass is 687 g/mol. The second-order valence-electron chi connectivity index (χ2n) is 17.2. The highest BCUT2D eigenvalue weighted by Gasteiger charge is 2.49. The van der Waals surface area contributed by atoms with Gasteiger partial charge < -0.3 is 14.0 Å². The zero-order chi connectivity index (χ0) is 35.3. The van der Waals surface area contributed by atoms with Crippen molar-refractivity contribution in [1.82, 2.24) is 0 Å². The van der Waals surface area contributed by atoms with Crippen LogP contribution in [0, 0.1) is 5.92 Å². The van der Waals surface area contributed by atoms with Gasteiger partial charge in [-0.15, -0.1) is 0 Å². The standard InChI is InChI=1S/C46H88NO2/c1-6-8-10-12-14-16-18-20-22-24-26-28-30-32-34-36-38-42(46-48-44-40-43(47(3,4)5)41-45(44)49-46)39-37-35-33-31-29-27-25-23-21-19-17-15-13-11-9-7-2/h14,16,20,22,42-46H,6-13,15,17-19,21,23-41H2,1-5H3/q+1/b16-14-,22-20-/t42?,43-,44-,45+,46?. The van der Waals surface area contributed by atoms with Gasteiger partial charge >= 0.3 is 0 Å². The number of rotatable bonds is 34. The van der Waals surface area contributed by atoms with Gasteiger partial charge in [-0.2, -0.15) is 0 Å². The molecule has 288 valence electrons. The average Bonchev–Trinajstić information content (AvgIpc) is 3.67. The van der Waals surface area contributed by atoms with Crippen molar-refractivity contribution in [1.29, 1.82) is 0 Å². The van der Waals surface area contributed by atoms with E-state index in [2.05, 4.69) is 59.3 Å². The van der Waals surface area contributed by atoms with Crippen LogP contribution in [-0.4, -0.2) is 50.2 Å². The Labute approximate surface area is 308 Å². The fraction of sp³-hybridized carbons (Fsp3) is 0.913. The largest absolute Gasteiger partial charge is 0.346 e. The van der Waals surface area contributed by atoms with Gasteiger partial charge in [-0.3, -0.25) is 0 Å². The topological polar surface area (TPSA) is 18.5 Å². The van der Waals surface area contributed by atoms with E-state index < -0.39 is 0 Å². The van der Waals surface area contributed by atoms with Gasteiger partial charge in [0.2, 0.25) is 0 Å². The van der Waals surface area contributed by atoms with Crippen LogP contribution in [0.4, 0.5) is 0 Å². The molecule has 0 radical (unpaired) electrons. The van der Waals surface area contributed by atoms with Crippen LogP contribution in [0.2, 0.25) is 0 Å². The second-order valence-corrected chi connectivity index (χ2v) is 17.2. The molecule has 2 unspecified atom stereocenters. The zero-order valence-electron chi connectivity index (χ0n) is 34.1. The lowest BCUT2D eigenvalue weighted by atomic mass is 9.93. The summed E-state index contributed by atoms with van der Waals surface area (Å²) in [5.41, 5.74) is 0. The lowest BCUT2D eigenvalue weighted by molar-refractivity contribution is -0.895. The summed E-state index contributed by atoms with van der Waals surface area (Å²) in [7, 11) is 6.98. The maximum Gasteiger partial charge on any atom is 0.161 e. The molecule has 1 saturated heterocycles. The summed E-state index contributed by atoms with van der Waals surface area (Å²) in [6.45, 7) is 4.58. The molecular weight excluding hydrogens is 599 g/mol. The van der Waals surface area contributed by atoms with Crippen LogP contribution in [0.1, 0.15) is 219 Å². The lowest BCUT2D eigenvalue weighted by Crippen LogP contribution is -2.44. The van der Waals surface area contributed by atoms with Crippen LogP contribution in [0.25, 0.3) is 0 Å². The summed E-state index contributed by atoms with van der Waals surface area (Å²) in [6, 6.07) is 0.669. The Morgan fingerprint density at radius 1 is 0.469 bits per heavy atom. The van der Waals surface area contributed by atoms with E-state index in [1.165, 1.54) is 199 Å². The van der Waals surface area contributed by atoms with Gasteiger partial charge in [-0.05, 0) is 44.9 Å². The van der Waals surface area contributed by atoms with Crippen LogP contribution < -0.4 is 0 Å². The minimum Gasteiger partial charge on any atom is -0.346 e. The number of hydrogen-bond acceptors (Lipinski definition) is 2. The molecule has 2 aliphatic rings. The van der Waals surface area contributed by atoms with Crippen molar-refractivity contribution in [3.63, 3.8) is 0 Å². The number of quaternary nitrogens is 1. The van der Waals surface area contributed by atoms with Gasteiger partial charge in [0, 0.05) is 18.8 Å². The van der Waals surface area contributed by atoms with E-state index in [0.717, 1.165) is 10.9 Å². The average molecular weight is 687 g/mol. The van der Waals surface area contributed by atoms with E-state index in [-0.39, 0.29) is 6.29 Å². The van der Waals surface area contributed by atoms with E-state index in [1.54, 1.807) is 0 Å². The quantitative estimate of drug-likeness (QED) is 0.0381. The SMILES string of the molecule is CCCCC/C=C\C/C=C\CCCCCCCCC(CCCCCCCCCCCCCCCCCC)C1O[C@H]2C[C@H]([N+](C)(C)C)C[C@H]2O1. The molecule has 1 aliphatic carbocycles. The number of fused-ring (bicyclic) bond motifs is 1. The Kier molecular flexibility index (Phi) is 27.2. The minimum atomic E-state index is 0.0535. The van der Waals surface area contributed by atoms with Gasteiger partial charge in [-0.25, -0.2) is 0 Å². The Morgan fingerprint density at radius 2 is 0.816 bits per heavy atom. The third kappa shape index (κ3) is 22.8. The van der Waals surface area contributed by atoms with E-state index in [9.17, 15) is 0 Å². The highest BCUT2D eigenvalue weighted by Crippen LogP contribution is 2.40. The molecule has 0 spiro atoms. The highest BCUT2D eigenvalue weighted by atomic mass is 16.7. The molecule has 49 heavy (non-hydrogen) atoms. The Bertz CT molecular complexity index is 770. The van der Waals surface area contributed by atoms with Crippen molar-refractivity contribution in [2.75, 3.05) is 21.1 Å². The third-order valence-electron chi connectivity index (χ3n) is 11.7. The van der Waals surface area contributed by atoms with E-state index in [1.807, 2.05) is 0 Å². The Balaban J connectivity index is 1.55. The Morgan fingerprint density at radius 3 is 1.22 bits per heavy atom. The predicted octanol–water partition coefficient (Wildman–Crippen LogP) is 14.4. The van der Waals surface area contributed by atoms with Crippen LogP contribution in [0.15, 0.2) is 24.3 Å². The van der Waals surface area contributed by atoms with Gasteiger partial charge in [0.1, 0.15) is 0 Å². The van der Waals surface area contributed by atoms with Crippen molar-refractivity contribution in [2.45, 2.75) is 244 Å². The van der Waals surface area contributed by atoms with E-state index in [0.29, 0.717) is 24.2 Å². The molecule has 2 fully saturated rings. The number of unbranched alkanes of at least 4 members (excludes halogenated alkanes) is 24. The highest BCUT2D eigenvalue weighted by molar-refractivity contribution is 4.93. The Hall–Kier alpha value is -0.640. The first-order chi connectivity index (χ1) is 24.0. The molecule has 2 rings (SSSR count). The maximum atomic E-state index is 6.69. The lowest BCUT2D eigenvalue weighted by Gasteiger charge is -2.32. The molecular formula is C46H88NO2+. The smallest absolute Gasteiger partial charge is 0.161 e. The summed E-state index contributed by atoms with van der Waals surface area (Å²) in [5, 5.41) is 0. The van der Waals surface area contributed by atoms with E-state index >= 15 is 0 Å². The van der Waals surface area contributed by atoms with Crippen LogP contribution in [0.3, 0.4) is 0 Å². The van der Waals surface area contributed by atoms with Crippen molar-refractivity contribution in [2.24, 2.45) is 5.92 Å². The van der Waals surface area contributed by atoms with Crippen LogP contribution >= 0.6 is 0 Å². The van der Waals surface area contributed by atoms with Crippen molar-refractivity contribution >= 4 is 0 Å².